The quantitative estimate of drug-likeness (QED) is 0.925. The summed E-state index contributed by atoms with van der Waals surface area (Å²) in [6.07, 6.45) is 3.16. The zero-order valence-electron chi connectivity index (χ0n) is 10.4. The lowest BCUT2D eigenvalue weighted by Crippen LogP contribution is -2.35. The molecule has 2 rings (SSSR count). The minimum Gasteiger partial charge on any atom is -0.318 e. The van der Waals surface area contributed by atoms with Crippen LogP contribution in [0.1, 0.15) is 19.3 Å². The van der Waals surface area contributed by atoms with Crippen LogP contribution in [0.4, 0.5) is 14.5 Å². The van der Waals surface area contributed by atoms with Gasteiger partial charge in [0.1, 0.15) is 0 Å². The molecule has 1 aromatic rings. The van der Waals surface area contributed by atoms with Crippen molar-refractivity contribution in [3.8, 4) is 0 Å². The van der Waals surface area contributed by atoms with E-state index in [1.54, 1.807) is 6.07 Å². The van der Waals surface area contributed by atoms with Crippen molar-refractivity contribution in [3.05, 3.63) is 24.3 Å². The second-order valence-corrected chi connectivity index (χ2v) is 6.35. The van der Waals surface area contributed by atoms with Crippen LogP contribution in [-0.2, 0) is 9.84 Å². The highest BCUT2D eigenvalue weighted by Gasteiger charge is 2.29. The lowest BCUT2D eigenvalue weighted by Gasteiger charge is -2.28. The van der Waals surface area contributed by atoms with Crippen LogP contribution in [0.15, 0.2) is 29.2 Å². The lowest BCUT2D eigenvalue weighted by molar-refractivity contribution is 0.234. The molecule has 7 heteroatoms. The van der Waals surface area contributed by atoms with Crippen LogP contribution in [0.5, 0.6) is 0 Å². The summed E-state index contributed by atoms with van der Waals surface area (Å²) in [6, 6.07) is 5.77. The molecule has 0 bridgehead atoms. The van der Waals surface area contributed by atoms with Gasteiger partial charge in [-0.3, -0.25) is 0 Å². The lowest BCUT2D eigenvalue weighted by atomic mass is 10.2. The Labute approximate surface area is 111 Å². The summed E-state index contributed by atoms with van der Waals surface area (Å²) in [6.45, 7) is 1.56. The highest BCUT2D eigenvalue weighted by atomic mass is 32.2. The van der Waals surface area contributed by atoms with E-state index in [1.807, 2.05) is 5.01 Å². The summed E-state index contributed by atoms with van der Waals surface area (Å²) in [5, 5.41) is 1.86. The van der Waals surface area contributed by atoms with E-state index < -0.39 is 15.6 Å². The van der Waals surface area contributed by atoms with Gasteiger partial charge in [0.15, 0.2) is 0 Å². The summed E-state index contributed by atoms with van der Waals surface area (Å²) in [5.74, 6) is -3.41. The number of hydrazine groups is 1. The Bertz CT molecular complexity index is 528. The van der Waals surface area contributed by atoms with Crippen molar-refractivity contribution in [2.45, 2.75) is 29.9 Å². The molecule has 0 saturated carbocycles. The number of anilines is 1. The van der Waals surface area contributed by atoms with Gasteiger partial charge in [0.25, 0.3) is 0 Å². The molecule has 0 spiro atoms. The molecule has 0 radical (unpaired) electrons. The van der Waals surface area contributed by atoms with Crippen LogP contribution in [0, 0.1) is 0 Å². The smallest absolute Gasteiger partial charge is 0.318 e. The predicted octanol–water partition coefficient (Wildman–Crippen LogP) is 2.50. The molecule has 0 amide bonds. The molecule has 0 unspecified atom stereocenters. The molecule has 4 nitrogen and oxygen atoms in total. The first kappa shape index (κ1) is 14.2. The number of hydrogen-bond acceptors (Lipinski definition) is 4. The van der Waals surface area contributed by atoms with E-state index >= 15 is 0 Å². The fourth-order valence-corrected chi connectivity index (χ4v) is 2.96. The molecular weight excluding hydrogens is 274 g/mol. The largest absolute Gasteiger partial charge is 0.341 e. The van der Waals surface area contributed by atoms with E-state index in [2.05, 4.69) is 5.43 Å². The minimum absolute atomic E-state index is 0.213. The van der Waals surface area contributed by atoms with Gasteiger partial charge in [0.2, 0.25) is 9.84 Å². The van der Waals surface area contributed by atoms with Crippen molar-refractivity contribution < 1.29 is 17.2 Å². The number of hydrogen-bond donors (Lipinski definition) is 1. The first-order valence-corrected chi connectivity index (χ1v) is 7.69. The van der Waals surface area contributed by atoms with Gasteiger partial charge in [-0.05, 0) is 25.0 Å². The van der Waals surface area contributed by atoms with E-state index in [1.165, 1.54) is 18.2 Å². The molecule has 0 aliphatic carbocycles. The number of nitrogens with zero attached hydrogens (tertiary/aromatic N) is 1. The standard InChI is InChI=1S/C12H16F2N2O2S/c13-12(14)19(17,18)11-7-3-2-6-10(11)15-16-8-4-1-5-9-16/h2-3,6-7,12,15H,1,4-5,8-9H2. The van der Waals surface area contributed by atoms with Crippen molar-refractivity contribution in [2.24, 2.45) is 0 Å². The maximum Gasteiger partial charge on any atom is 0.341 e. The van der Waals surface area contributed by atoms with Crippen LogP contribution >= 0.6 is 0 Å². The second-order valence-electron chi connectivity index (χ2n) is 4.46. The summed E-state index contributed by atoms with van der Waals surface area (Å²) < 4.78 is 48.4. The van der Waals surface area contributed by atoms with Crippen molar-refractivity contribution in [1.82, 2.24) is 5.01 Å². The molecule has 1 heterocycles. The molecule has 0 aromatic heterocycles. The maximum atomic E-state index is 12.6. The van der Waals surface area contributed by atoms with Gasteiger partial charge in [-0.25, -0.2) is 13.4 Å². The van der Waals surface area contributed by atoms with Gasteiger partial charge in [0.05, 0.1) is 10.6 Å². The molecule has 1 N–H and O–H groups in total. The average molecular weight is 290 g/mol. The summed E-state index contributed by atoms with van der Waals surface area (Å²) >= 11 is 0. The van der Waals surface area contributed by atoms with Crippen molar-refractivity contribution in [3.63, 3.8) is 0 Å². The van der Waals surface area contributed by atoms with Gasteiger partial charge < -0.3 is 5.43 Å². The van der Waals surface area contributed by atoms with E-state index in [0.29, 0.717) is 0 Å². The molecule has 1 saturated heterocycles. The van der Waals surface area contributed by atoms with Crippen molar-refractivity contribution in [1.29, 1.82) is 0 Å². The summed E-state index contributed by atoms with van der Waals surface area (Å²) in [5.41, 5.74) is 3.14. The Balaban J connectivity index is 2.26. The number of nitrogens with one attached hydrogen (secondary N) is 1. The third-order valence-corrected chi connectivity index (χ3v) is 4.50. The van der Waals surface area contributed by atoms with Crippen LogP contribution in [0.25, 0.3) is 0 Å². The molecular formula is C12H16F2N2O2S. The Morgan fingerprint density at radius 1 is 1.11 bits per heavy atom. The Morgan fingerprint density at radius 2 is 1.74 bits per heavy atom. The van der Waals surface area contributed by atoms with E-state index in [0.717, 1.165) is 32.4 Å². The number of piperidine rings is 1. The topological polar surface area (TPSA) is 49.4 Å². The number of alkyl halides is 2. The minimum atomic E-state index is -4.58. The fourth-order valence-electron chi connectivity index (χ4n) is 2.08. The Morgan fingerprint density at radius 3 is 2.37 bits per heavy atom. The fraction of sp³-hybridized carbons (Fsp3) is 0.500. The van der Waals surface area contributed by atoms with Crippen molar-refractivity contribution in [2.75, 3.05) is 18.5 Å². The van der Waals surface area contributed by atoms with Crippen LogP contribution in [-0.4, -0.2) is 32.3 Å². The van der Waals surface area contributed by atoms with Crippen LogP contribution < -0.4 is 5.43 Å². The first-order valence-electron chi connectivity index (χ1n) is 6.14. The van der Waals surface area contributed by atoms with Crippen molar-refractivity contribution >= 4 is 15.5 Å². The molecule has 19 heavy (non-hydrogen) atoms. The molecule has 1 aliphatic rings. The monoisotopic (exact) mass is 290 g/mol. The van der Waals surface area contributed by atoms with Gasteiger partial charge in [-0.2, -0.15) is 8.78 Å². The third-order valence-electron chi connectivity index (χ3n) is 3.06. The SMILES string of the molecule is O=S(=O)(c1ccccc1NN1CCCCC1)C(F)F. The van der Waals surface area contributed by atoms with Gasteiger partial charge >= 0.3 is 5.76 Å². The highest BCUT2D eigenvalue weighted by molar-refractivity contribution is 7.91. The van der Waals surface area contributed by atoms with Crippen LogP contribution in [0.2, 0.25) is 0 Å². The number of para-hydroxylation sites is 1. The Kier molecular flexibility index (Phi) is 4.36. The molecule has 0 atom stereocenters. The number of halogens is 2. The Hall–Kier alpha value is -1.21. The third kappa shape index (κ3) is 3.22. The van der Waals surface area contributed by atoms with E-state index in [9.17, 15) is 17.2 Å². The van der Waals surface area contributed by atoms with Gasteiger partial charge in [-0.15, -0.1) is 0 Å². The summed E-state index contributed by atoms with van der Waals surface area (Å²) in [4.78, 5) is -0.351. The second kappa shape index (κ2) is 5.83. The van der Waals surface area contributed by atoms with Crippen LogP contribution in [0.3, 0.4) is 0 Å². The van der Waals surface area contributed by atoms with E-state index in [4.69, 9.17) is 0 Å². The molecule has 1 aromatic carbocycles. The first-order chi connectivity index (χ1) is 9.01. The average Bonchev–Trinajstić information content (AvgIpc) is 2.40. The van der Waals surface area contributed by atoms with Gasteiger partial charge in [0, 0.05) is 13.1 Å². The zero-order chi connectivity index (χ0) is 13.9. The molecule has 1 fully saturated rings. The number of benzene rings is 1. The zero-order valence-corrected chi connectivity index (χ0v) is 11.2. The highest BCUT2D eigenvalue weighted by Crippen LogP contribution is 2.26. The number of rotatable bonds is 4. The maximum absolute atomic E-state index is 12.6. The molecule has 106 valence electrons. The summed E-state index contributed by atoms with van der Waals surface area (Å²) in [7, 11) is -4.58. The van der Waals surface area contributed by atoms with E-state index in [-0.39, 0.29) is 10.6 Å². The van der Waals surface area contributed by atoms with Gasteiger partial charge in [-0.1, -0.05) is 18.6 Å². The predicted molar refractivity (Wildman–Crippen MR) is 68.7 cm³/mol. The normalized spacial score (nSPS) is 17.6. The number of sulfone groups is 1. The molecule has 1 aliphatic heterocycles.